The van der Waals surface area contributed by atoms with Gasteiger partial charge in [0.15, 0.2) is 0 Å². The Kier molecular flexibility index (Phi) is 4.10. The van der Waals surface area contributed by atoms with Crippen LogP contribution in [0.1, 0.15) is 27.2 Å². The third-order valence-electron chi connectivity index (χ3n) is 0.811. The van der Waals surface area contributed by atoms with Crippen LogP contribution in [0, 0.1) is 5.92 Å². The zero-order valence-electron chi connectivity index (χ0n) is 6.23. The lowest BCUT2D eigenvalue weighted by molar-refractivity contribution is -0.142. The van der Waals surface area contributed by atoms with Crippen LogP contribution < -0.4 is 0 Å². The van der Waals surface area contributed by atoms with Gasteiger partial charge in [-0.05, 0) is 0 Å². The summed E-state index contributed by atoms with van der Waals surface area (Å²) in [4.78, 5) is 10.5. The second-order valence-electron chi connectivity index (χ2n) is 2.22. The summed E-state index contributed by atoms with van der Waals surface area (Å²) in [5.74, 6) is 0.994. The number of carbonyl (C=O) groups excluding carboxylic acids is 1. The van der Waals surface area contributed by atoms with Gasteiger partial charge in [-0.2, -0.15) is 0 Å². The van der Waals surface area contributed by atoms with Gasteiger partial charge in [0.2, 0.25) is 0 Å². The van der Waals surface area contributed by atoms with Crippen LogP contribution in [0.4, 0.5) is 0 Å². The van der Waals surface area contributed by atoms with Crippen LogP contribution in [-0.2, 0) is 9.53 Å². The summed E-state index contributed by atoms with van der Waals surface area (Å²) >= 11 is 0. The minimum absolute atomic E-state index is 0.129. The first-order valence-electron chi connectivity index (χ1n) is 3.11. The van der Waals surface area contributed by atoms with Gasteiger partial charge in [0.1, 0.15) is 0 Å². The Morgan fingerprint density at radius 1 is 1.44 bits per heavy atom. The van der Waals surface area contributed by atoms with E-state index in [0.717, 1.165) is 5.92 Å². The molecule has 0 atom stereocenters. The molecule has 2 nitrogen and oxygen atoms in total. The summed E-state index contributed by atoms with van der Waals surface area (Å²) in [5, 5.41) is 0. The number of rotatable bonds is 3. The van der Waals surface area contributed by atoms with Gasteiger partial charge >= 0.3 is 5.97 Å². The first kappa shape index (κ1) is 8.47. The molecule has 0 heterocycles. The molecule has 0 fully saturated rings. The van der Waals surface area contributed by atoms with Gasteiger partial charge in [-0.25, -0.2) is 0 Å². The maximum absolute atomic E-state index is 10.5. The van der Waals surface area contributed by atoms with E-state index in [1.807, 2.05) is 13.8 Å². The van der Waals surface area contributed by atoms with E-state index in [0.29, 0.717) is 13.0 Å². The topological polar surface area (TPSA) is 26.3 Å². The predicted molar refractivity (Wildman–Crippen MR) is 35.8 cm³/mol. The fourth-order valence-corrected chi connectivity index (χ4v) is 0.327. The SMILES string of the molecule is CCC(=O)OC[C](C)C. The Bertz CT molecular complexity index is 86.9. The maximum atomic E-state index is 10.5. The molecular formula is C7H13O2. The minimum atomic E-state index is -0.129. The van der Waals surface area contributed by atoms with Gasteiger partial charge in [0, 0.05) is 12.3 Å². The Morgan fingerprint density at radius 2 is 2.00 bits per heavy atom. The second kappa shape index (κ2) is 4.36. The van der Waals surface area contributed by atoms with Gasteiger partial charge in [-0.3, -0.25) is 4.79 Å². The van der Waals surface area contributed by atoms with E-state index >= 15 is 0 Å². The van der Waals surface area contributed by atoms with E-state index in [9.17, 15) is 4.79 Å². The highest BCUT2D eigenvalue weighted by Crippen LogP contribution is 1.96. The van der Waals surface area contributed by atoms with Crippen molar-refractivity contribution in [2.75, 3.05) is 6.61 Å². The third-order valence-corrected chi connectivity index (χ3v) is 0.811. The Hall–Kier alpha value is -0.530. The lowest BCUT2D eigenvalue weighted by Crippen LogP contribution is -2.06. The van der Waals surface area contributed by atoms with Crippen molar-refractivity contribution in [1.82, 2.24) is 0 Å². The molecule has 0 saturated carbocycles. The highest BCUT2D eigenvalue weighted by Gasteiger charge is 1.99. The van der Waals surface area contributed by atoms with Crippen molar-refractivity contribution in [3.63, 3.8) is 0 Å². The van der Waals surface area contributed by atoms with Gasteiger partial charge in [-0.15, -0.1) is 0 Å². The van der Waals surface area contributed by atoms with Crippen molar-refractivity contribution in [1.29, 1.82) is 0 Å². The fourth-order valence-electron chi connectivity index (χ4n) is 0.327. The summed E-state index contributed by atoms with van der Waals surface area (Å²) in [6.07, 6.45) is 0.466. The molecule has 0 rings (SSSR count). The summed E-state index contributed by atoms with van der Waals surface area (Å²) in [6, 6.07) is 0. The molecule has 0 bridgehead atoms. The monoisotopic (exact) mass is 129 g/mol. The predicted octanol–water partition coefficient (Wildman–Crippen LogP) is 1.55. The van der Waals surface area contributed by atoms with Gasteiger partial charge in [-0.1, -0.05) is 20.8 Å². The molecule has 9 heavy (non-hydrogen) atoms. The molecular weight excluding hydrogens is 116 g/mol. The fraction of sp³-hybridized carbons (Fsp3) is 0.714. The molecule has 1 radical (unpaired) electrons. The molecule has 0 aromatic heterocycles. The molecule has 0 spiro atoms. The number of esters is 1. The van der Waals surface area contributed by atoms with E-state index in [2.05, 4.69) is 0 Å². The van der Waals surface area contributed by atoms with E-state index in [1.165, 1.54) is 0 Å². The Labute approximate surface area is 56.2 Å². The smallest absolute Gasteiger partial charge is 0.305 e. The van der Waals surface area contributed by atoms with Crippen LogP contribution in [0.5, 0.6) is 0 Å². The molecule has 0 N–H and O–H groups in total. The van der Waals surface area contributed by atoms with Crippen molar-refractivity contribution >= 4 is 5.97 Å². The van der Waals surface area contributed by atoms with Crippen molar-refractivity contribution in [2.45, 2.75) is 27.2 Å². The zero-order chi connectivity index (χ0) is 7.28. The molecule has 0 saturated heterocycles. The molecule has 0 aliphatic rings. The molecule has 0 aromatic rings. The second-order valence-corrected chi connectivity index (χ2v) is 2.22. The number of hydrogen-bond donors (Lipinski definition) is 0. The number of hydrogen-bond acceptors (Lipinski definition) is 2. The van der Waals surface area contributed by atoms with E-state index in [1.54, 1.807) is 6.92 Å². The highest BCUT2D eigenvalue weighted by atomic mass is 16.5. The summed E-state index contributed by atoms with van der Waals surface area (Å²) in [7, 11) is 0. The van der Waals surface area contributed by atoms with Crippen LogP contribution in [0.2, 0.25) is 0 Å². The van der Waals surface area contributed by atoms with Gasteiger partial charge in [0.05, 0.1) is 6.61 Å². The van der Waals surface area contributed by atoms with E-state index < -0.39 is 0 Å². The van der Waals surface area contributed by atoms with Crippen LogP contribution >= 0.6 is 0 Å². The van der Waals surface area contributed by atoms with Crippen molar-refractivity contribution in [3.8, 4) is 0 Å². The summed E-state index contributed by atoms with van der Waals surface area (Å²) in [6.45, 7) is 6.12. The lowest BCUT2D eigenvalue weighted by atomic mass is 10.2. The van der Waals surface area contributed by atoms with Gasteiger partial charge < -0.3 is 4.74 Å². The quantitative estimate of drug-likeness (QED) is 0.540. The van der Waals surface area contributed by atoms with Crippen molar-refractivity contribution in [2.24, 2.45) is 0 Å². The van der Waals surface area contributed by atoms with E-state index in [4.69, 9.17) is 4.74 Å². The molecule has 53 valence electrons. The van der Waals surface area contributed by atoms with Crippen LogP contribution in [0.25, 0.3) is 0 Å². The Balaban J connectivity index is 3.17. The third kappa shape index (κ3) is 5.34. The lowest BCUT2D eigenvalue weighted by Gasteiger charge is -2.03. The summed E-state index contributed by atoms with van der Waals surface area (Å²) in [5.41, 5.74) is 0. The normalized spacial score (nSPS) is 9.78. The van der Waals surface area contributed by atoms with Crippen molar-refractivity contribution < 1.29 is 9.53 Å². The number of carbonyl (C=O) groups is 1. The molecule has 0 amide bonds. The van der Waals surface area contributed by atoms with Crippen LogP contribution in [0.15, 0.2) is 0 Å². The Morgan fingerprint density at radius 3 is 2.33 bits per heavy atom. The highest BCUT2D eigenvalue weighted by molar-refractivity contribution is 5.68. The molecule has 0 aromatic carbocycles. The molecule has 2 heteroatoms. The maximum Gasteiger partial charge on any atom is 0.305 e. The summed E-state index contributed by atoms with van der Waals surface area (Å²) < 4.78 is 4.78. The first-order chi connectivity index (χ1) is 4.16. The van der Waals surface area contributed by atoms with Crippen molar-refractivity contribution in [3.05, 3.63) is 5.92 Å². The van der Waals surface area contributed by atoms with E-state index in [-0.39, 0.29) is 5.97 Å². The number of ether oxygens (including phenoxy) is 1. The minimum Gasteiger partial charge on any atom is -0.465 e. The average molecular weight is 129 g/mol. The molecule has 0 unspecified atom stereocenters. The van der Waals surface area contributed by atoms with Gasteiger partial charge in [0.25, 0.3) is 0 Å². The average Bonchev–Trinajstić information content (AvgIpc) is 1.83. The molecule has 0 aliphatic carbocycles. The van der Waals surface area contributed by atoms with Crippen LogP contribution in [0.3, 0.4) is 0 Å². The first-order valence-corrected chi connectivity index (χ1v) is 3.11. The largest absolute Gasteiger partial charge is 0.465 e. The molecule has 0 aliphatic heterocycles. The van der Waals surface area contributed by atoms with Crippen LogP contribution in [-0.4, -0.2) is 12.6 Å². The standard InChI is InChI=1S/C7H13O2/c1-4-7(8)9-5-6(2)3/h4-5H2,1-3H3. The zero-order valence-corrected chi connectivity index (χ0v) is 6.23.